The van der Waals surface area contributed by atoms with E-state index in [1.807, 2.05) is 24.3 Å². The molecule has 1 fully saturated rings. The minimum absolute atomic E-state index is 0.0274. The van der Waals surface area contributed by atoms with Crippen LogP contribution in [0, 0.1) is 5.92 Å². The van der Waals surface area contributed by atoms with Crippen LogP contribution in [0.1, 0.15) is 24.8 Å². The Balaban J connectivity index is 1.66. The SMILES string of the molecule is O=S(=O)(c1ccc(Cl)cc1)N(Cc1ccc(-c2ncco2)cc1)[C@@H]1CCC[C@H]1CO. The second-order valence-corrected chi connectivity index (χ2v) is 9.81. The number of aliphatic hydroxyl groups excluding tert-OH is 1. The van der Waals surface area contributed by atoms with E-state index in [1.54, 1.807) is 18.3 Å². The molecule has 0 aliphatic heterocycles. The van der Waals surface area contributed by atoms with Gasteiger partial charge in [-0.15, -0.1) is 0 Å². The van der Waals surface area contributed by atoms with Crippen molar-refractivity contribution in [3.05, 3.63) is 71.6 Å². The van der Waals surface area contributed by atoms with E-state index in [1.165, 1.54) is 22.7 Å². The fourth-order valence-corrected chi connectivity index (χ4v) is 5.86. The summed E-state index contributed by atoms with van der Waals surface area (Å²) < 4.78 is 33.9. The summed E-state index contributed by atoms with van der Waals surface area (Å²) in [5, 5.41) is 10.3. The van der Waals surface area contributed by atoms with Crippen LogP contribution in [0.4, 0.5) is 0 Å². The van der Waals surface area contributed by atoms with Crippen LogP contribution in [-0.4, -0.2) is 35.5 Å². The molecule has 0 spiro atoms. The van der Waals surface area contributed by atoms with Gasteiger partial charge in [0.05, 0.1) is 11.1 Å². The predicted molar refractivity (Wildman–Crippen MR) is 114 cm³/mol. The molecule has 0 saturated heterocycles. The zero-order valence-corrected chi connectivity index (χ0v) is 17.9. The first-order valence-corrected chi connectivity index (χ1v) is 11.7. The largest absolute Gasteiger partial charge is 0.445 e. The van der Waals surface area contributed by atoms with E-state index in [2.05, 4.69) is 4.98 Å². The molecule has 1 aliphatic carbocycles. The highest BCUT2D eigenvalue weighted by atomic mass is 35.5. The summed E-state index contributed by atoms with van der Waals surface area (Å²) in [6, 6.07) is 13.5. The maximum atomic E-state index is 13.5. The van der Waals surface area contributed by atoms with Crippen LogP contribution in [0.3, 0.4) is 0 Å². The topological polar surface area (TPSA) is 83.6 Å². The molecule has 30 heavy (non-hydrogen) atoms. The van der Waals surface area contributed by atoms with Crippen LogP contribution >= 0.6 is 11.6 Å². The molecule has 2 aromatic carbocycles. The maximum Gasteiger partial charge on any atom is 0.243 e. The first kappa shape index (κ1) is 21.1. The van der Waals surface area contributed by atoms with Gasteiger partial charge in [-0.2, -0.15) is 4.31 Å². The van der Waals surface area contributed by atoms with Crippen LogP contribution in [0.5, 0.6) is 0 Å². The van der Waals surface area contributed by atoms with E-state index < -0.39 is 10.0 Å². The van der Waals surface area contributed by atoms with Crippen LogP contribution in [0.25, 0.3) is 11.5 Å². The maximum absolute atomic E-state index is 13.5. The number of benzene rings is 2. The smallest absolute Gasteiger partial charge is 0.243 e. The van der Waals surface area contributed by atoms with Gasteiger partial charge in [0.25, 0.3) is 0 Å². The Morgan fingerprint density at radius 2 is 1.83 bits per heavy atom. The number of rotatable bonds is 7. The molecule has 1 N–H and O–H groups in total. The summed E-state index contributed by atoms with van der Waals surface area (Å²) in [5.74, 6) is 0.446. The van der Waals surface area contributed by atoms with E-state index in [0.717, 1.165) is 30.4 Å². The first-order valence-electron chi connectivity index (χ1n) is 9.86. The Morgan fingerprint density at radius 1 is 1.10 bits per heavy atom. The summed E-state index contributed by atoms with van der Waals surface area (Å²) in [7, 11) is -3.76. The molecule has 1 aliphatic rings. The van der Waals surface area contributed by atoms with Gasteiger partial charge >= 0.3 is 0 Å². The van der Waals surface area contributed by atoms with Gasteiger partial charge in [-0.25, -0.2) is 13.4 Å². The van der Waals surface area contributed by atoms with Gasteiger partial charge in [0.15, 0.2) is 0 Å². The summed E-state index contributed by atoms with van der Waals surface area (Å²) >= 11 is 5.95. The van der Waals surface area contributed by atoms with Crippen molar-refractivity contribution in [1.29, 1.82) is 0 Å². The lowest BCUT2D eigenvalue weighted by Gasteiger charge is -2.32. The van der Waals surface area contributed by atoms with Crippen molar-refractivity contribution in [3.63, 3.8) is 0 Å². The number of nitrogens with zero attached hydrogens (tertiary/aromatic N) is 2. The molecule has 6 nitrogen and oxygen atoms in total. The van der Waals surface area contributed by atoms with E-state index in [0.29, 0.717) is 10.9 Å². The molecule has 1 heterocycles. The molecule has 3 aromatic rings. The molecule has 4 rings (SSSR count). The number of hydrogen-bond acceptors (Lipinski definition) is 5. The lowest BCUT2D eigenvalue weighted by molar-refractivity contribution is 0.166. The molecule has 1 aromatic heterocycles. The molecule has 0 unspecified atom stereocenters. The van der Waals surface area contributed by atoms with Gasteiger partial charge in [0.1, 0.15) is 6.26 Å². The highest BCUT2D eigenvalue weighted by molar-refractivity contribution is 7.89. The highest BCUT2D eigenvalue weighted by Gasteiger charge is 2.38. The molecule has 8 heteroatoms. The third-order valence-electron chi connectivity index (χ3n) is 5.62. The molecular weight excluding hydrogens is 424 g/mol. The predicted octanol–water partition coefficient (Wildman–Crippen LogP) is 4.35. The Bertz CT molecular complexity index is 1070. The van der Waals surface area contributed by atoms with E-state index in [4.69, 9.17) is 16.0 Å². The Kier molecular flexibility index (Phi) is 6.24. The van der Waals surface area contributed by atoms with Crippen LogP contribution in [0.2, 0.25) is 5.02 Å². The van der Waals surface area contributed by atoms with Crippen molar-refractivity contribution >= 4 is 21.6 Å². The Morgan fingerprint density at radius 3 is 2.47 bits per heavy atom. The third kappa shape index (κ3) is 4.30. The Labute approximate surface area is 181 Å². The van der Waals surface area contributed by atoms with Crippen molar-refractivity contribution in [2.75, 3.05) is 6.61 Å². The number of aliphatic hydroxyl groups is 1. The lowest BCUT2D eigenvalue weighted by Crippen LogP contribution is -2.42. The second-order valence-electron chi connectivity index (χ2n) is 7.48. The molecule has 1 saturated carbocycles. The van der Waals surface area contributed by atoms with Crippen molar-refractivity contribution in [2.24, 2.45) is 5.92 Å². The van der Waals surface area contributed by atoms with Gasteiger partial charge in [0, 0.05) is 29.8 Å². The summed E-state index contributed by atoms with van der Waals surface area (Å²) in [6.07, 6.45) is 5.53. The number of oxazole rings is 1. The second kappa shape index (κ2) is 8.89. The summed E-state index contributed by atoms with van der Waals surface area (Å²) in [4.78, 5) is 4.34. The summed E-state index contributed by atoms with van der Waals surface area (Å²) in [6.45, 7) is 0.193. The molecule has 158 valence electrons. The molecule has 0 radical (unpaired) electrons. The van der Waals surface area contributed by atoms with Gasteiger partial charge in [-0.3, -0.25) is 0 Å². The van der Waals surface area contributed by atoms with Gasteiger partial charge in [0.2, 0.25) is 15.9 Å². The summed E-state index contributed by atoms with van der Waals surface area (Å²) in [5.41, 5.74) is 1.68. The van der Waals surface area contributed by atoms with E-state index >= 15 is 0 Å². The number of halogens is 1. The van der Waals surface area contributed by atoms with Crippen molar-refractivity contribution in [3.8, 4) is 11.5 Å². The molecule has 2 atom stereocenters. The monoisotopic (exact) mass is 446 g/mol. The lowest BCUT2D eigenvalue weighted by atomic mass is 10.0. The minimum atomic E-state index is -3.76. The third-order valence-corrected chi connectivity index (χ3v) is 7.75. The van der Waals surface area contributed by atoms with Crippen molar-refractivity contribution in [1.82, 2.24) is 9.29 Å². The normalized spacial score (nSPS) is 19.4. The zero-order chi connectivity index (χ0) is 21.1. The average Bonchev–Trinajstić information content (AvgIpc) is 3.44. The van der Waals surface area contributed by atoms with Crippen LogP contribution in [-0.2, 0) is 16.6 Å². The van der Waals surface area contributed by atoms with Crippen LogP contribution < -0.4 is 0 Å². The Hall–Kier alpha value is -2.19. The quantitative estimate of drug-likeness (QED) is 0.583. The first-order chi connectivity index (χ1) is 14.5. The highest BCUT2D eigenvalue weighted by Crippen LogP contribution is 2.35. The molecule has 0 amide bonds. The number of sulfonamides is 1. The minimum Gasteiger partial charge on any atom is -0.445 e. The standard InChI is InChI=1S/C22H23ClN2O4S/c23-19-8-10-20(11-9-19)30(27,28)25(21-3-1-2-18(21)15-26)14-16-4-6-17(7-5-16)22-24-12-13-29-22/h4-13,18,21,26H,1-3,14-15H2/t18-,21+/m0/s1. The fourth-order valence-electron chi connectivity index (χ4n) is 4.03. The number of hydrogen-bond donors (Lipinski definition) is 1. The van der Waals surface area contributed by atoms with E-state index in [9.17, 15) is 13.5 Å². The van der Waals surface area contributed by atoms with Gasteiger partial charge in [-0.1, -0.05) is 30.2 Å². The average molecular weight is 447 g/mol. The molecule has 0 bridgehead atoms. The zero-order valence-electron chi connectivity index (χ0n) is 16.3. The van der Waals surface area contributed by atoms with Crippen molar-refractivity contribution < 1.29 is 17.9 Å². The van der Waals surface area contributed by atoms with Crippen molar-refractivity contribution in [2.45, 2.75) is 36.7 Å². The molecular formula is C22H23ClN2O4S. The fraction of sp³-hybridized carbons (Fsp3) is 0.318. The van der Waals surface area contributed by atoms with Gasteiger partial charge < -0.3 is 9.52 Å². The number of aromatic nitrogens is 1. The van der Waals surface area contributed by atoms with Crippen LogP contribution in [0.15, 0.2) is 70.3 Å². The van der Waals surface area contributed by atoms with E-state index in [-0.39, 0.29) is 30.0 Å². The van der Waals surface area contributed by atoms with Gasteiger partial charge in [-0.05, 0) is 60.7 Å².